The number of hydrogen-bond acceptors (Lipinski definition) is 6. The van der Waals surface area contributed by atoms with Gasteiger partial charge in [-0.05, 0) is 43.2 Å². The van der Waals surface area contributed by atoms with Crippen LogP contribution < -0.4 is 21.1 Å². The Morgan fingerprint density at radius 3 is 2.66 bits per heavy atom. The molecule has 8 heteroatoms. The molecule has 2 amide bonds. The Morgan fingerprint density at radius 1 is 1.06 bits per heavy atom. The second-order valence-corrected chi connectivity index (χ2v) is 7.25. The fourth-order valence-electron chi connectivity index (χ4n) is 3.45. The number of carbonyl (C=O) groups excluding carboxylic acids is 1. The van der Waals surface area contributed by atoms with Gasteiger partial charge < -0.3 is 21.1 Å². The topological polar surface area (TPSA) is 115 Å². The number of nitrogens with zero attached hydrogens (tertiary/aromatic N) is 3. The first kappa shape index (κ1) is 21.0. The minimum absolute atomic E-state index is 0.351. The van der Waals surface area contributed by atoms with Crippen molar-refractivity contribution in [1.82, 2.24) is 15.0 Å². The molecule has 162 valence electrons. The summed E-state index contributed by atoms with van der Waals surface area (Å²) < 4.78 is 6.10. The van der Waals surface area contributed by atoms with Gasteiger partial charge in [0, 0.05) is 17.0 Å². The summed E-state index contributed by atoms with van der Waals surface area (Å²) in [5.74, 6) is 2.03. The maximum absolute atomic E-state index is 11.3. The fourth-order valence-corrected chi connectivity index (χ4v) is 3.45. The maximum atomic E-state index is 11.3. The van der Waals surface area contributed by atoms with Crippen LogP contribution in [0.1, 0.15) is 23.9 Å². The van der Waals surface area contributed by atoms with Gasteiger partial charge in [-0.25, -0.2) is 14.8 Å². The van der Waals surface area contributed by atoms with E-state index in [-0.39, 0.29) is 0 Å². The quantitative estimate of drug-likeness (QED) is 0.393. The second kappa shape index (κ2) is 9.30. The first-order valence-corrected chi connectivity index (χ1v) is 10.3. The van der Waals surface area contributed by atoms with Crippen LogP contribution in [0.4, 0.5) is 22.1 Å². The molecule has 0 aliphatic carbocycles. The van der Waals surface area contributed by atoms with Crippen molar-refractivity contribution >= 4 is 34.1 Å². The van der Waals surface area contributed by atoms with Crippen LogP contribution in [-0.2, 0) is 13.0 Å². The summed E-state index contributed by atoms with van der Waals surface area (Å²) in [7, 11) is 0. The van der Waals surface area contributed by atoms with Crippen LogP contribution >= 0.6 is 0 Å². The van der Waals surface area contributed by atoms with E-state index in [1.165, 1.54) is 0 Å². The van der Waals surface area contributed by atoms with E-state index in [0.717, 1.165) is 34.1 Å². The van der Waals surface area contributed by atoms with E-state index in [2.05, 4.69) is 32.5 Å². The van der Waals surface area contributed by atoms with Crippen LogP contribution in [-0.4, -0.2) is 21.0 Å². The van der Waals surface area contributed by atoms with Crippen molar-refractivity contribution in [3.05, 3.63) is 77.9 Å². The lowest BCUT2D eigenvalue weighted by atomic mass is 10.1. The molecule has 0 spiro atoms. The van der Waals surface area contributed by atoms with E-state index in [1.54, 1.807) is 18.5 Å². The Balaban J connectivity index is 1.51. The molecule has 2 aromatic heterocycles. The zero-order valence-electron chi connectivity index (χ0n) is 17.9. The minimum Gasteiger partial charge on any atom is -0.488 e. The molecule has 4 N–H and O–H groups in total. The predicted octanol–water partition coefficient (Wildman–Crippen LogP) is 4.71. The Hall–Kier alpha value is -4.20. The summed E-state index contributed by atoms with van der Waals surface area (Å²) >= 11 is 0. The lowest BCUT2D eigenvalue weighted by Gasteiger charge is -2.13. The third-order valence-electron chi connectivity index (χ3n) is 5.01. The highest BCUT2D eigenvalue weighted by Crippen LogP contribution is 2.32. The molecule has 0 fully saturated rings. The molecule has 0 unspecified atom stereocenters. The molecule has 0 aliphatic heterocycles. The average Bonchev–Trinajstić information content (AvgIpc) is 2.80. The summed E-state index contributed by atoms with van der Waals surface area (Å²) in [6.07, 6.45) is 4.24. The van der Waals surface area contributed by atoms with Crippen LogP contribution in [0.2, 0.25) is 0 Å². The average molecular weight is 428 g/mol. The van der Waals surface area contributed by atoms with E-state index in [4.69, 9.17) is 10.5 Å². The number of aromatic nitrogens is 3. The summed E-state index contributed by atoms with van der Waals surface area (Å²) in [4.78, 5) is 24.6. The van der Waals surface area contributed by atoms with Gasteiger partial charge in [0.2, 0.25) is 0 Å². The van der Waals surface area contributed by atoms with Crippen LogP contribution in [0.3, 0.4) is 0 Å². The van der Waals surface area contributed by atoms with Gasteiger partial charge in [0.25, 0.3) is 0 Å². The van der Waals surface area contributed by atoms with Gasteiger partial charge in [-0.15, -0.1) is 0 Å². The van der Waals surface area contributed by atoms with E-state index in [9.17, 15) is 4.79 Å². The number of hydrogen-bond donors (Lipinski definition) is 3. The van der Waals surface area contributed by atoms with Crippen molar-refractivity contribution in [2.75, 3.05) is 10.6 Å². The second-order valence-electron chi connectivity index (χ2n) is 7.25. The molecular weight excluding hydrogens is 404 g/mol. The van der Waals surface area contributed by atoms with E-state index >= 15 is 0 Å². The molecular formula is C24H24N6O2. The molecule has 4 aromatic rings. The third-order valence-corrected chi connectivity index (χ3v) is 5.01. The SMILES string of the molecule is CCc1nc(Nc2cc(COc3ccc(NC(N)=O)c4ccccc34)ccn2)cnc1C. The van der Waals surface area contributed by atoms with Gasteiger partial charge in [-0.3, -0.25) is 4.98 Å². The number of rotatable bonds is 7. The van der Waals surface area contributed by atoms with Crippen molar-refractivity contribution in [3.63, 3.8) is 0 Å². The zero-order chi connectivity index (χ0) is 22.5. The molecule has 32 heavy (non-hydrogen) atoms. The number of primary amides is 1. The van der Waals surface area contributed by atoms with E-state index in [1.807, 2.05) is 49.4 Å². The number of pyridine rings is 1. The fraction of sp³-hybridized carbons (Fsp3) is 0.167. The summed E-state index contributed by atoms with van der Waals surface area (Å²) in [5, 5.41) is 7.59. The lowest BCUT2D eigenvalue weighted by molar-refractivity contribution is 0.259. The third kappa shape index (κ3) is 4.75. The number of nitrogens with two attached hydrogens (primary N) is 1. The zero-order valence-corrected chi connectivity index (χ0v) is 17.9. The molecule has 2 aromatic carbocycles. The highest BCUT2D eigenvalue weighted by Gasteiger charge is 2.09. The van der Waals surface area contributed by atoms with Crippen LogP contribution in [0.25, 0.3) is 10.8 Å². The summed E-state index contributed by atoms with van der Waals surface area (Å²) in [6, 6.07) is 14.5. The highest BCUT2D eigenvalue weighted by atomic mass is 16.5. The number of fused-ring (bicyclic) bond motifs is 1. The standard InChI is InChI=1S/C24H24N6O2/c1-3-19-15(2)27-13-23(28-19)30-22-12-16(10-11-26-22)14-32-21-9-8-20(29-24(25)31)17-6-4-5-7-18(17)21/h4-13H,3,14H2,1-2H3,(H3,25,29,31)(H,26,28,30). The number of aryl methyl sites for hydroxylation is 2. The monoisotopic (exact) mass is 428 g/mol. The van der Waals surface area contributed by atoms with Gasteiger partial charge in [-0.1, -0.05) is 31.2 Å². The molecule has 0 atom stereocenters. The summed E-state index contributed by atoms with van der Waals surface area (Å²) in [5.41, 5.74) is 8.75. The Morgan fingerprint density at radius 2 is 1.88 bits per heavy atom. The van der Waals surface area contributed by atoms with Crippen LogP contribution in [0, 0.1) is 6.92 Å². The number of carbonyl (C=O) groups is 1. The maximum Gasteiger partial charge on any atom is 0.316 e. The number of urea groups is 1. The van der Waals surface area contributed by atoms with Gasteiger partial charge in [0.05, 0.1) is 23.3 Å². The molecule has 0 saturated carbocycles. The first-order chi connectivity index (χ1) is 15.5. The predicted molar refractivity (Wildman–Crippen MR) is 125 cm³/mol. The molecule has 0 bridgehead atoms. The Labute approximate surface area is 185 Å². The molecule has 0 saturated heterocycles. The van der Waals surface area contributed by atoms with Crippen molar-refractivity contribution < 1.29 is 9.53 Å². The number of benzene rings is 2. The molecule has 8 nitrogen and oxygen atoms in total. The number of ether oxygens (including phenoxy) is 1. The van der Waals surface area contributed by atoms with Gasteiger partial charge in [0.15, 0.2) is 0 Å². The van der Waals surface area contributed by atoms with Crippen LogP contribution in [0.15, 0.2) is 60.9 Å². The summed E-state index contributed by atoms with van der Waals surface area (Å²) in [6.45, 7) is 4.35. The minimum atomic E-state index is -0.607. The smallest absolute Gasteiger partial charge is 0.316 e. The Bertz CT molecular complexity index is 1270. The van der Waals surface area contributed by atoms with Crippen molar-refractivity contribution in [2.24, 2.45) is 5.73 Å². The van der Waals surface area contributed by atoms with Crippen molar-refractivity contribution in [2.45, 2.75) is 26.9 Å². The molecule has 0 aliphatic rings. The normalized spacial score (nSPS) is 10.7. The highest BCUT2D eigenvalue weighted by molar-refractivity contribution is 6.03. The molecule has 0 radical (unpaired) electrons. The van der Waals surface area contributed by atoms with E-state index in [0.29, 0.717) is 29.7 Å². The van der Waals surface area contributed by atoms with Crippen molar-refractivity contribution in [1.29, 1.82) is 0 Å². The van der Waals surface area contributed by atoms with Gasteiger partial charge in [0.1, 0.15) is 24.0 Å². The number of anilines is 3. The van der Waals surface area contributed by atoms with Gasteiger partial charge in [-0.2, -0.15) is 0 Å². The largest absolute Gasteiger partial charge is 0.488 e. The number of nitrogens with one attached hydrogen (secondary N) is 2. The van der Waals surface area contributed by atoms with Crippen LogP contribution in [0.5, 0.6) is 5.75 Å². The molecule has 2 heterocycles. The Kier molecular flexibility index (Phi) is 6.12. The van der Waals surface area contributed by atoms with Gasteiger partial charge >= 0.3 is 6.03 Å². The number of amides is 2. The van der Waals surface area contributed by atoms with E-state index < -0.39 is 6.03 Å². The lowest BCUT2D eigenvalue weighted by Crippen LogP contribution is -2.19. The first-order valence-electron chi connectivity index (χ1n) is 10.3. The van der Waals surface area contributed by atoms with Crippen molar-refractivity contribution in [3.8, 4) is 5.75 Å². The molecule has 4 rings (SSSR count).